The van der Waals surface area contributed by atoms with Crippen molar-refractivity contribution in [2.75, 3.05) is 7.05 Å². The Morgan fingerprint density at radius 3 is 3.12 bits per heavy atom. The van der Waals surface area contributed by atoms with Crippen LogP contribution in [0.25, 0.3) is 0 Å². The van der Waals surface area contributed by atoms with E-state index in [-0.39, 0.29) is 0 Å². The predicted molar refractivity (Wildman–Crippen MR) is 66.7 cm³/mol. The summed E-state index contributed by atoms with van der Waals surface area (Å²) in [5, 5.41) is 0. The molecule has 0 saturated heterocycles. The molecule has 0 radical (unpaired) electrons. The van der Waals surface area contributed by atoms with Crippen LogP contribution in [-0.2, 0) is 13.0 Å². The first-order chi connectivity index (χ1) is 8.24. The Hall–Kier alpha value is -1.52. The molecule has 5 heteroatoms. The van der Waals surface area contributed by atoms with Crippen molar-refractivity contribution in [1.29, 1.82) is 0 Å². The highest BCUT2D eigenvalue weighted by Gasteiger charge is 2.28. The van der Waals surface area contributed by atoms with Gasteiger partial charge in [-0.05, 0) is 19.3 Å². The van der Waals surface area contributed by atoms with Crippen molar-refractivity contribution in [1.82, 2.24) is 14.5 Å². The Morgan fingerprint density at radius 1 is 1.53 bits per heavy atom. The van der Waals surface area contributed by atoms with Gasteiger partial charge < -0.3 is 15.2 Å². The Kier molecular flexibility index (Phi) is 2.53. The molecule has 2 N–H and O–H groups in total. The van der Waals surface area contributed by atoms with Crippen molar-refractivity contribution < 1.29 is 0 Å². The molecule has 5 nitrogen and oxygen atoms in total. The molecule has 1 fully saturated rings. The largest absolute Gasteiger partial charge is 0.370 e. The fourth-order valence-corrected chi connectivity index (χ4v) is 2.37. The molecule has 1 aliphatic heterocycles. The number of hydrogen-bond donors (Lipinski definition) is 1. The van der Waals surface area contributed by atoms with Crippen molar-refractivity contribution in [3.63, 3.8) is 0 Å². The van der Waals surface area contributed by atoms with Crippen molar-refractivity contribution >= 4 is 5.96 Å². The van der Waals surface area contributed by atoms with E-state index in [0.29, 0.717) is 18.0 Å². The average Bonchev–Trinajstić information content (AvgIpc) is 3.07. The number of aromatic nitrogens is 2. The van der Waals surface area contributed by atoms with Crippen LogP contribution in [0.4, 0.5) is 0 Å². The van der Waals surface area contributed by atoms with Crippen LogP contribution in [-0.4, -0.2) is 39.5 Å². The normalized spacial score (nSPS) is 24.5. The minimum Gasteiger partial charge on any atom is -0.370 e. The standard InChI is InChI=1S/C12H19N5/c1-16(10-2-3-10)12(13)15-9-4-6-17-7-5-14-11(17)8-9/h5,7,9-10H,2-4,6,8H2,1H3,(H2,13,15). The van der Waals surface area contributed by atoms with Crippen LogP contribution in [0.3, 0.4) is 0 Å². The molecule has 1 aliphatic carbocycles. The van der Waals surface area contributed by atoms with Crippen LogP contribution in [0.2, 0.25) is 0 Å². The van der Waals surface area contributed by atoms with Gasteiger partial charge in [0, 0.05) is 38.4 Å². The van der Waals surface area contributed by atoms with Gasteiger partial charge in [-0.1, -0.05) is 0 Å². The van der Waals surface area contributed by atoms with E-state index in [4.69, 9.17) is 5.73 Å². The minimum absolute atomic E-state index is 0.297. The predicted octanol–water partition coefficient (Wildman–Crippen LogP) is 0.607. The van der Waals surface area contributed by atoms with E-state index in [0.717, 1.165) is 25.2 Å². The van der Waals surface area contributed by atoms with Gasteiger partial charge in [0.05, 0.1) is 6.04 Å². The number of nitrogens with zero attached hydrogens (tertiary/aromatic N) is 4. The number of fused-ring (bicyclic) bond motifs is 1. The Balaban J connectivity index is 1.68. The molecule has 0 amide bonds. The maximum absolute atomic E-state index is 6.03. The third kappa shape index (κ3) is 2.14. The number of aliphatic imine (C=N–C) groups is 1. The fourth-order valence-electron chi connectivity index (χ4n) is 2.37. The lowest BCUT2D eigenvalue weighted by molar-refractivity contribution is 0.444. The lowest BCUT2D eigenvalue weighted by atomic mass is 10.1. The molecule has 3 rings (SSSR count). The number of imidazole rings is 1. The molecule has 0 bridgehead atoms. The lowest BCUT2D eigenvalue weighted by Gasteiger charge is -2.23. The van der Waals surface area contributed by atoms with Gasteiger partial charge in [-0.25, -0.2) is 9.98 Å². The maximum Gasteiger partial charge on any atom is 0.191 e. The molecular formula is C12H19N5. The number of rotatable bonds is 2. The quantitative estimate of drug-likeness (QED) is 0.601. The van der Waals surface area contributed by atoms with Gasteiger partial charge in [-0.3, -0.25) is 0 Å². The van der Waals surface area contributed by atoms with E-state index >= 15 is 0 Å². The van der Waals surface area contributed by atoms with E-state index in [1.807, 2.05) is 19.4 Å². The van der Waals surface area contributed by atoms with Gasteiger partial charge in [0.25, 0.3) is 0 Å². The third-order valence-corrected chi connectivity index (χ3v) is 3.69. The Morgan fingerprint density at radius 2 is 2.35 bits per heavy atom. The van der Waals surface area contributed by atoms with Gasteiger partial charge in [-0.2, -0.15) is 0 Å². The highest BCUT2D eigenvalue weighted by atomic mass is 15.3. The van der Waals surface area contributed by atoms with Crippen molar-refractivity contribution in [2.45, 2.75) is 44.3 Å². The van der Waals surface area contributed by atoms with E-state index < -0.39 is 0 Å². The summed E-state index contributed by atoms with van der Waals surface area (Å²) in [4.78, 5) is 11.1. The van der Waals surface area contributed by atoms with E-state index in [1.165, 1.54) is 12.8 Å². The molecule has 1 aromatic rings. The first kappa shape index (κ1) is 10.6. The summed E-state index contributed by atoms with van der Waals surface area (Å²) in [5.41, 5.74) is 6.03. The monoisotopic (exact) mass is 233 g/mol. The number of aryl methyl sites for hydroxylation is 1. The van der Waals surface area contributed by atoms with Gasteiger partial charge >= 0.3 is 0 Å². The van der Waals surface area contributed by atoms with Gasteiger partial charge in [0.1, 0.15) is 5.82 Å². The number of guanidine groups is 1. The summed E-state index contributed by atoms with van der Waals surface area (Å²) in [6.07, 6.45) is 8.37. The zero-order valence-corrected chi connectivity index (χ0v) is 10.2. The van der Waals surface area contributed by atoms with Crippen LogP contribution in [0.15, 0.2) is 17.4 Å². The SMILES string of the molecule is CN(C(N)=NC1CCn2ccnc2C1)C1CC1. The molecule has 0 spiro atoms. The molecule has 1 unspecified atom stereocenters. The summed E-state index contributed by atoms with van der Waals surface area (Å²) in [6.45, 7) is 1.00. The van der Waals surface area contributed by atoms with E-state index in [1.54, 1.807) is 0 Å². The topological polar surface area (TPSA) is 59.4 Å². The van der Waals surface area contributed by atoms with E-state index in [9.17, 15) is 0 Å². The smallest absolute Gasteiger partial charge is 0.191 e. The summed E-state index contributed by atoms with van der Waals surface area (Å²) in [6, 6.07) is 0.926. The lowest BCUT2D eigenvalue weighted by Crippen LogP contribution is -2.37. The highest BCUT2D eigenvalue weighted by Crippen LogP contribution is 2.25. The van der Waals surface area contributed by atoms with Crippen molar-refractivity contribution in [2.24, 2.45) is 10.7 Å². The average molecular weight is 233 g/mol. The van der Waals surface area contributed by atoms with Gasteiger partial charge in [0.15, 0.2) is 5.96 Å². The zero-order chi connectivity index (χ0) is 11.8. The Labute approximate surface area is 101 Å². The van der Waals surface area contributed by atoms with Crippen LogP contribution >= 0.6 is 0 Å². The Bertz CT molecular complexity index is 432. The summed E-state index contributed by atoms with van der Waals surface area (Å²) in [7, 11) is 2.04. The van der Waals surface area contributed by atoms with E-state index in [2.05, 4.69) is 19.4 Å². The van der Waals surface area contributed by atoms with Crippen LogP contribution in [0.1, 0.15) is 25.1 Å². The van der Waals surface area contributed by atoms with Gasteiger partial charge in [0.2, 0.25) is 0 Å². The second-order valence-electron chi connectivity index (χ2n) is 5.01. The first-order valence-corrected chi connectivity index (χ1v) is 6.30. The van der Waals surface area contributed by atoms with Crippen LogP contribution in [0, 0.1) is 0 Å². The molecule has 92 valence electrons. The highest BCUT2D eigenvalue weighted by molar-refractivity contribution is 5.78. The summed E-state index contributed by atoms with van der Waals surface area (Å²) < 4.78 is 2.20. The summed E-state index contributed by atoms with van der Waals surface area (Å²) in [5.74, 6) is 1.82. The van der Waals surface area contributed by atoms with Crippen LogP contribution in [0.5, 0.6) is 0 Å². The number of nitrogens with two attached hydrogens (primary N) is 1. The molecule has 2 heterocycles. The molecule has 17 heavy (non-hydrogen) atoms. The second-order valence-corrected chi connectivity index (χ2v) is 5.01. The maximum atomic E-state index is 6.03. The van der Waals surface area contributed by atoms with Gasteiger partial charge in [-0.15, -0.1) is 0 Å². The molecule has 2 aliphatic rings. The minimum atomic E-state index is 0.297. The van der Waals surface area contributed by atoms with Crippen molar-refractivity contribution in [3.8, 4) is 0 Å². The fraction of sp³-hybridized carbons (Fsp3) is 0.667. The molecule has 0 aromatic carbocycles. The third-order valence-electron chi connectivity index (χ3n) is 3.69. The molecular weight excluding hydrogens is 214 g/mol. The van der Waals surface area contributed by atoms with Crippen LogP contribution < -0.4 is 5.73 Å². The molecule has 1 saturated carbocycles. The molecule has 1 aromatic heterocycles. The summed E-state index contributed by atoms with van der Waals surface area (Å²) >= 11 is 0. The zero-order valence-electron chi connectivity index (χ0n) is 10.2. The first-order valence-electron chi connectivity index (χ1n) is 6.30. The number of hydrogen-bond acceptors (Lipinski definition) is 2. The molecule has 1 atom stereocenters. The second kappa shape index (κ2) is 4.05. The van der Waals surface area contributed by atoms with Crippen molar-refractivity contribution in [3.05, 3.63) is 18.2 Å².